The Morgan fingerprint density at radius 3 is 2.50 bits per heavy atom. The second kappa shape index (κ2) is 5.60. The van der Waals surface area contributed by atoms with Crippen molar-refractivity contribution in [3.05, 3.63) is 69.9 Å². The van der Waals surface area contributed by atoms with Gasteiger partial charge in [0, 0.05) is 18.1 Å². The van der Waals surface area contributed by atoms with Crippen molar-refractivity contribution in [2.24, 2.45) is 0 Å². The molecule has 0 fully saturated rings. The molecule has 3 rings (SSSR count). The van der Waals surface area contributed by atoms with Crippen molar-refractivity contribution in [2.75, 3.05) is 0 Å². The van der Waals surface area contributed by atoms with E-state index >= 15 is 0 Å². The number of carbonyl (C=O) groups excluding carboxylic acids is 1. The van der Waals surface area contributed by atoms with Gasteiger partial charge in [0.05, 0.1) is 10.9 Å². The molecular formula is C19H16O3. The van der Waals surface area contributed by atoms with Crippen LogP contribution in [-0.2, 0) is 0 Å². The van der Waals surface area contributed by atoms with Gasteiger partial charge in [-0.15, -0.1) is 0 Å². The fourth-order valence-electron chi connectivity index (χ4n) is 2.54. The lowest BCUT2D eigenvalue weighted by Gasteiger charge is -2.08. The van der Waals surface area contributed by atoms with Gasteiger partial charge in [-0.05, 0) is 24.6 Å². The number of ketones is 1. The van der Waals surface area contributed by atoms with Gasteiger partial charge in [-0.2, -0.15) is 0 Å². The van der Waals surface area contributed by atoms with Gasteiger partial charge in [0.2, 0.25) is 0 Å². The molecule has 0 aliphatic rings. The van der Waals surface area contributed by atoms with E-state index in [0.717, 1.165) is 11.1 Å². The Bertz CT molecular complexity index is 905. The summed E-state index contributed by atoms with van der Waals surface area (Å²) < 4.78 is 5.92. The van der Waals surface area contributed by atoms with Gasteiger partial charge in [-0.3, -0.25) is 9.59 Å². The molecule has 3 aromatic rings. The third-order valence-electron chi connectivity index (χ3n) is 3.65. The van der Waals surface area contributed by atoms with Gasteiger partial charge >= 0.3 is 0 Å². The van der Waals surface area contributed by atoms with Crippen LogP contribution in [0, 0.1) is 6.92 Å². The molecule has 2 aromatic carbocycles. The highest BCUT2D eigenvalue weighted by atomic mass is 16.3. The third kappa shape index (κ3) is 2.46. The Morgan fingerprint density at radius 2 is 1.82 bits per heavy atom. The lowest BCUT2D eigenvalue weighted by atomic mass is 10.0. The molecule has 0 unspecified atom stereocenters. The normalized spacial score (nSPS) is 10.8. The molecular weight excluding hydrogens is 276 g/mol. The van der Waals surface area contributed by atoms with Crippen LogP contribution in [0.15, 0.2) is 57.7 Å². The van der Waals surface area contributed by atoms with Crippen LogP contribution >= 0.6 is 0 Å². The van der Waals surface area contributed by atoms with Crippen molar-refractivity contribution in [1.82, 2.24) is 0 Å². The van der Waals surface area contributed by atoms with Crippen molar-refractivity contribution in [3.8, 4) is 11.3 Å². The summed E-state index contributed by atoms with van der Waals surface area (Å²) in [6, 6.07) is 14.4. The summed E-state index contributed by atoms with van der Waals surface area (Å²) in [6.07, 6.45) is 0.373. The molecule has 0 saturated heterocycles. The maximum absolute atomic E-state index is 12.4. The Balaban J connectivity index is 2.35. The number of aryl methyl sites for hydroxylation is 1. The molecule has 3 heteroatoms. The standard InChI is InChI=1S/C19H16O3/c1-3-16(20)14-9-12(2)10-15-17(21)11-18(22-19(14)15)13-7-5-4-6-8-13/h4-11H,3H2,1-2H3. The molecule has 0 saturated carbocycles. The summed E-state index contributed by atoms with van der Waals surface area (Å²) in [7, 11) is 0. The van der Waals surface area contributed by atoms with E-state index in [1.807, 2.05) is 37.3 Å². The Morgan fingerprint density at radius 1 is 1.09 bits per heavy atom. The molecule has 1 heterocycles. The molecule has 110 valence electrons. The summed E-state index contributed by atoms with van der Waals surface area (Å²) in [6.45, 7) is 3.67. The molecule has 1 aromatic heterocycles. The van der Waals surface area contributed by atoms with Gasteiger partial charge in [0.15, 0.2) is 11.2 Å². The topological polar surface area (TPSA) is 47.3 Å². The predicted molar refractivity (Wildman–Crippen MR) is 87.3 cm³/mol. The van der Waals surface area contributed by atoms with Crippen LogP contribution in [0.25, 0.3) is 22.3 Å². The number of fused-ring (bicyclic) bond motifs is 1. The number of rotatable bonds is 3. The summed E-state index contributed by atoms with van der Waals surface area (Å²) in [4.78, 5) is 24.6. The number of Topliss-reactive ketones (excluding diaryl/α,β-unsaturated/α-hetero) is 1. The number of hydrogen-bond acceptors (Lipinski definition) is 3. The minimum atomic E-state index is -0.131. The third-order valence-corrected chi connectivity index (χ3v) is 3.65. The molecule has 22 heavy (non-hydrogen) atoms. The van der Waals surface area contributed by atoms with E-state index in [-0.39, 0.29) is 11.2 Å². The van der Waals surface area contributed by atoms with E-state index in [9.17, 15) is 9.59 Å². The molecule has 0 spiro atoms. The second-order valence-electron chi connectivity index (χ2n) is 5.31. The van der Waals surface area contributed by atoms with Crippen molar-refractivity contribution >= 4 is 16.8 Å². The fraction of sp³-hybridized carbons (Fsp3) is 0.158. The van der Waals surface area contributed by atoms with Gasteiger partial charge in [-0.1, -0.05) is 37.3 Å². The van der Waals surface area contributed by atoms with Crippen LogP contribution < -0.4 is 5.43 Å². The summed E-state index contributed by atoms with van der Waals surface area (Å²) in [5, 5.41) is 0.455. The summed E-state index contributed by atoms with van der Waals surface area (Å²) >= 11 is 0. The van der Waals surface area contributed by atoms with Crippen molar-refractivity contribution in [3.63, 3.8) is 0 Å². The molecule has 0 radical (unpaired) electrons. The van der Waals surface area contributed by atoms with Crippen LogP contribution in [-0.4, -0.2) is 5.78 Å². The van der Waals surface area contributed by atoms with Gasteiger partial charge < -0.3 is 4.42 Å². The zero-order valence-electron chi connectivity index (χ0n) is 12.6. The fourth-order valence-corrected chi connectivity index (χ4v) is 2.54. The quantitative estimate of drug-likeness (QED) is 0.674. The van der Waals surface area contributed by atoms with E-state index in [1.54, 1.807) is 19.1 Å². The van der Waals surface area contributed by atoms with Crippen molar-refractivity contribution < 1.29 is 9.21 Å². The zero-order chi connectivity index (χ0) is 15.7. The van der Waals surface area contributed by atoms with Crippen LogP contribution in [0.1, 0.15) is 29.3 Å². The second-order valence-corrected chi connectivity index (χ2v) is 5.31. The molecule has 3 nitrogen and oxygen atoms in total. The van der Waals surface area contributed by atoms with Gasteiger partial charge in [0.1, 0.15) is 11.3 Å². The largest absolute Gasteiger partial charge is 0.455 e. The first-order valence-electron chi connectivity index (χ1n) is 7.27. The summed E-state index contributed by atoms with van der Waals surface area (Å²) in [5.41, 5.74) is 2.42. The Labute approximate surface area is 128 Å². The lowest BCUT2D eigenvalue weighted by molar-refractivity contribution is 0.0988. The first-order valence-corrected chi connectivity index (χ1v) is 7.27. The highest BCUT2D eigenvalue weighted by molar-refractivity contribution is 6.06. The Kier molecular flexibility index (Phi) is 3.63. The van der Waals surface area contributed by atoms with E-state index in [0.29, 0.717) is 28.7 Å². The van der Waals surface area contributed by atoms with Crippen molar-refractivity contribution in [2.45, 2.75) is 20.3 Å². The lowest BCUT2D eigenvalue weighted by Crippen LogP contribution is -2.06. The smallest absolute Gasteiger partial charge is 0.193 e. The molecule has 0 N–H and O–H groups in total. The van der Waals surface area contributed by atoms with Gasteiger partial charge in [-0.25, -0.2) is 0 Å². The van der Waals surface area contributed by atoms with Gasteiger partial charge in [0.25, 0.3) is 0 Å². The average molecular weight is 292 g/mol. The van der Waals surface area contributed by atoms with Crippen molar-refractivity contribution in [1.29, 1.82) is 0 Å². The Hall–Kier alpha value is -2.68. The van der Waals surface area contributed by atoms with Crippen LogP contribution in [0.4, 0.5) is 0 Å². The van der Waals surface area contributed by atoms with Crippen LogP contribution in [0.2, 0.25) is 0 Å². The molecule has 0 aliphatic heterocycles. The maximum Gasteiger partial charge on any atom is 0.193 e. The number of benzene rings is 2. The average Bonchev–Trinajstić information content (AvgIpc) is 2.54. The molecule has 0 atom stereocenters. The summed E-state index contributed by atoms with van der Waals surface area (Å²) in [5.74, 6) is 0.453. The monoisotopic (exact) mass is 292 g/mol. The van der Waals surface area contributed by atoms with E-state index < -0.39 is 0 Å². The highest BCUT2D eigenvalue weighted by Gasteiger charge is 2.15. The molecule has 0 bridgehead atoms. The first-order chi connectivity index (χ1) is 10.6. The number of carbonyl (C=O) groups is 1. The van der Waals surface area contributed by atoms with Crippen LogP contribution in [0.5, 0.6) is 0 Å². The zero-order valence-corrected chi connectivity index (χ0v) is 12.6. The van der Waals surface area contributed by atoms with E-state index in [2.05, 4.69) is 0 Å². The minimum Gasteiger partial charge on any atom is -0.455 e. The minimum absolute atomic E-state index is 0.0259. The maximum atomic E-state index is 12.4. The first kappa shape index (κ1) is 14.3. The molecule has 0 amide bonds. The van der Waals surface area contributed by atoms with E-state index in [4.69, 9.17) is 4.42 Å². The highest BCUT2D eigenvalue weighted by Crippen LogP contribution is 2.26. The van der Waals surface area contributed by atoms with E-state index in [1.165, 1.54) is 6.07 Å². The van der Waals surface area contributed by atoms with Crippen LogP contribution in [0.3, 0.4) is 0 Å². The molecule has 0 aliphatic carbocycles. The predicted octanol–water partition coefficient (Wildman–Crippen LogP) is 4.36. The number of hydrogen-bond donors (Lipinski definition) is 0. The SMILES string of the molecule is CCC(=O)c1cc(C)cc2c(=O)cc(-c3ccccc3)oc12.